The quantitative estimate of drug-likeness (QED) is 0.882. The Labute approximate surface area is 101 Å². The van der Waals surface area contributed by atoms with E-state index in [1.165, 1.54) is 30.2 Å². The molecule has 0 atom stereocenters. The summed E-state index contributed by atoms with van der Waals surface area (Å²) < 4.78 is 14.7. The first kappa shape index (κ1) is 11.5. The first-order chi connectivity index (χ1) is 8.11. The summed E-state index contributed by atoms with van der Waals surface area (Å²) in [6, 6.07) is 2.60. The lowest BCUT2D eigenvalue weighted by Gasteiger charge is -2.01. The van der Waals surface area contributed by atoms with E-state index in [9.17, 15) is 9.18 Å². The van der Waals surface area contributed by atoms with Gasteiger partial charge in [-0.15, -0.1) is 0 Å². The molecule has 0 saturated heterocycles. The van der Waals surface area contributed by atoms with Crippen LogP contribution in [-0.2, 0) is 0 Å². The Morgan fingerprint density at radius 1 is 1.59 bits per heavy atom. The molecule has 0 aliphatic rings. The maximum absolute atomic E-state index is 13.5. The molecule has 0 aromatic carbocycles. The van der Waals surface area contributed by atoms with Gasteiger partial charge in [-0.25, -0.2) is 14.1 Å². The normalized spacial score (nSPS) is 10.3. The van der Waals surface area contributed by atoms with Gasteiger partial charge in [-0.2, -0.15) is 5.10 Å². The number of aromatic nitrogens is 3. The molecule has 88 valence electrons. The van der Waals surface area contributed by atoms with Crippen molar-refractivity contribution in [2.45, 2.75) is 0 Å². The molecule has 17 heavy (non-hydrogen) atoms. The van der Waals surface area contributed by atoms with Crippen LogP contribution in [0.2, 0.25) is 5.02 Å². The third kappa shape index (κ3) is 2.26. The Balaban J connectivity index is 2.40. The van der Waals surface area contributed by atoms with Gasteiger partial charge in [-0.3, -0.25) is 4.79 Å². The van der Waals surface area contributed by atoms with Crippen molar-refractivity contribution < 1.29 is 9.18 Å². The topological polar surface area (TPSA) is 59.8 Å². The van der Waals surface area contributed by atoms with Gasteiger partial charge >= 0.3 is 0 Å². The van der Waals surface area contributed by atoms with Crippen LogP contribution < -0.4 is 5.32 Å². The fourth-order valence-electron chi connectivity index (χ4n) is 1.27. The van der Waals surface area contributed by atoms with E-state index in [0.717, 1.165) is 6.07 Å². The molecule has 0 saturated carbocycles. The van der Waals surface area contributed by atoms with E-state index in [1.807, 2.05) is 0 Å². The number of rotatable bonds is 2. The van der Waals surface area contributed by atoms with E-state index >= 15 is 0 Å². The fraction of sp³-hybridized carbons (Fsp3) is 0.100. The molecule has 0 aliphatic carbocycles. The largest absolute Gasteiger partial charge is 0.354 e. The molecule has 0 aliphatic heterocycles. The minimum atomic E-state index is -0.607. The van der Waals surface area contributed by atoms with Crippen LogP contribution in [0.4, 0.5) is 4.39 Å². The molecule has 1 N–H and O–H groups in total. The number of hydrogen-bond donors (Lipinski definition) is 1. The van der Waals surface area contributed by atoms with Crippen LogP contribution in [0.15, 0.2) is 24.5 Å². The molecule has 5 nitrogen and oxygen atoms in total. The minimum absolute atomic E-state index is 0.00967. The van der Waals surface area contributed by atoms with Gasteiger partial charge in [0, 0.05) is 19.4 Å². The average Bonchev–Trinajstić information content (AvgIpc) is 2.77. The van der Waals surface area contributed by atoms with Gasteiger partial charge in [-0.1, -0.05) is 11.6 Å². The lowest BCUT2D eigenvalue weighted by molar-refractivity contribution is 0.0957. The highest BCUT2D eigenvalue weighted by Crippen LogP contribution is 2.14. The van der Waals surface area contributed by atoms with Crippen LogP contribution in [0.25, 0.3) is 5.82 Å². The van der Waals surface area contributed by atoms with E-state index in [0.29, 0.717) is 0 Å². The second kappa shape index (κ2) is 4.50. The number of carbonyl (C=O) groups excluding carboxylic acids is 1. The van der Waals surface area contributed by atoms with Crippen molar-refractivity contribution >= 4 is 17.5 Å². The Bertz CT molecular complexity index is 569. The maximum Gasteiger partial charge on any atom is 0.271 e. The molecular formula is C10H8ClFN4O. The third-order valence-corrected chi connectivity index (χ3v) is 2.26. The summed E-state index contributed by atoms with van der Waals surface area (Å²) in [4.78, 5) is 15.1. The van der Waals surface area contributed by atoms with Gasteiger partial charge in [0.25, 0.3) is 5.91 Å². The van der Waals surface area contributed by atoms with Crippen LogP contribution in [0.1, 0.15) is 10.5 Å². The standard InChI is InChI=1S/C10H8ClFN4O/c1-13-10(17)8-2-3-16(15-8)9-7(12)4-6(11)5-14-9/h2-5H,1H3,(H,13,17). The summed E-state index contributed by atoms with van der Waals surface area (Å²) >= 11 is 5.59. The molecule has 2 aromatic heterocycles. The van der Waals surface area contributed by atoms with Crippen LogP contribution in [-0.4, -0.2) is 27.7 Å². The highest BCUT2D eigenvalue weighted by atomic mass is 35.5. The van der Waals surface area contributed by atoms with Gasteiger partial charge in [-0.05, 0) is 12.1 Å². The first-order valence-electron chi connectivity index (χ1n) is 4.71. The number of nitrogens with zero attached hydrogens (tertiary/aromatic N) is 3. The highest BCUT2D eigenvalue weighted by Gasteiger charge is 2.11. The summed E-state index contributed by atoms with van der Waals surface area (Å²) in [6.45, 7) is 0. The zero-order chi connectivity index (χ0) is 12.4. The molecule has 7 heteroatoms. The molecular weight excluding hydrogens is 247 g/mol. The predicted octanol–water partition coefficient (Wildman–Crippen LogP) is 1.42. The van der Waals surface area contributed by atoms with Crippen LogP contribution in [0, 0.1) is 5.82 Å². The SMILES string of the molecule is CNC(=O)c1ccn(-c2ncc(Cl)cc2F)n1. The molecule has 0 fully saturated rings. The van der Waals surface area contributed by atoms with Crippen LogP contribution in [0.5, 0.6) is 0 Å². The maximum atomic E-state index is 13.5. The van der Waals surface area contributed by atoms with E-state index in [1.54, 1.807) is 0 Å². The molecule has 2 aromatic rings. The number of pyridine rings is 1. The van der Waals surface area contributed by atoms with E-state index in [4.69, 9.17) is 11.6 Å². The summed E-state index contributed by atoms with van der Waals surface area (Å²) in [6.07, 6.45) is 2.76. The van der Waals surface area contributed by atoms with Crippen molar-refractivity contribution in [3.8, 4) is 5.82 Å². The average molecular weight is 255 g/mol. The Hall–Kier alpha value is -1.95. The highest BCUT2D eigenvalue weighted by molar-refractivity contribution is 6.30. The van der Waals surface area contributed by atoms with Crippen molar-refractivity contribution in [1.82, 2.24) is 20.1 Å². The van der Waals surface area contributed by atoms with Crippen molar-refractivity contribution in [1.29, 1.82) is 0 Å². The molecule has 0 spiro atoms. The van der Waals surface area contributed by atoms with Gasteiger partial charge in [0.1, 0.15) is 0 Å². The number of nitrogens with one attached hydrogen (secondary N) is 1. The lowest BCUT2D eigenvalue weighted by atomic mass is 10.4. The Morgan fingerprint density at radius 3 is 3.00 bits per heavy atom. The molecule has 1 amide bonds. The van der Waals surface area contributed by atoms with Crippen molar-refractivity contribution in [2.24, 2.45) is 0 Å². The Kier molecular flexibility index (Phi) is 3.06. The second-order valence-corrected chi connectivity index (χ2v) is 3.62. The van der Waals surface area contributed by atoms with Crippen molar-refractivity contribution in [3.63, 3.8) is 0 Å². The number of hydrogen-bond acceptors (Lipinski definition) is 3. The Morgan fingerprint density at radius 2 is 2.35 bits per heavy atom. The number of halogens is 2. The molecule has 2 rings (SSSR count). The number of carbonyl (C=O) groups is 1. The van der Waals surface area contributed by atoms with Crippen molar-refractivity contribution in [2.75, 3.05) is 7.05 Å². The van der Waals surface area contributed by atoms with E-state index < -0.39 is 5.82 Å². The third-order valence-electron chi connectivity index (χ3n) is 2.05. The molecule has 0 unspecified atom stereocenters. The summed E-state index contributed by atoms with van der Waals surface area (Å²) in [5.74, 6) is -0.966. The minimum Gasteiger partial charge on any atom is -0.354 e. The summed E-state index contributed by atoms with van der Waals surface area (Å²) in [5, 5.41) is 6.52. The molecule has 0 bridgehead atoms. The van der Waals surface area contributed by atoms with E-state index in [-0.39, 0.29) is 22.4 Å². The van der Waals surface area contributed by atoms with Crippen molar-refractivity contribution in [3.05, 3.63) is 41.1 Å². The van der Waals surface area contributed by atoms with E-state index in [2.05, 4.69) is 15.4 Å². The number of amides is 1. The first-order valence-corrected chi connectivity index (χ1v) is 5.09. The molecule has 0 radical (unpaired) electrons. The summed E-state index contributed by atoms with van der Waals surface area (Å²) in [5.41, 5.74) is 0.184. The van der Waals surface area contributed by atoms with Gasteiger partial charge < -0.3 is 5.32 Å². The smallest absolute Gasteiger partial charge is 0.271 e. The second-order valence-electron chi connectivity index (χ2n) is 3.18. The van der Waals surface area contributed by atoms with Crippen LogP contribution >= 0.6 is 11.6 Å². The monoisotopic (exact) mass is 254 g/mol. The summed E-state index contributed by atoms with van der Waals surface area (Å²) in [7, 11) is 1.49. The van der Waals surface area contributed by atoms with Gasteiger partial charge in [0.15, 0.2) is 17.3 Å². The zero-order valence-electron chi connectivity index (χ0n) is 8.82. The molecule has 2 heterocycles. The van der Waals surface area contributed by atoms with Crippen LogP contribution in [0.3, 0.4) is 0 Å². The van der Waals surface area contributed by atoms with Gasteiger partial charge in [0.2, 0.25) is 0 Å². The predicted molar refractivity (Wildman–Crippen MR) is 59.7 cm³/mol. The fourth-order valence-corrected chi connectivity index (χ4v) is 1.41. The van der Waals surface area contributed by atoms with Gasteiger partial charge in [0.05, 0.1) is 5.02 Å². The lowest BCUT2D eigenvalue weighted by Crippen LogP contribution is -2.18. The zero-order valence-corrected chi connectivity index (χ0v) is 9.57.